The van der Waals surface area contributed by atoms with Crippen molar-refractivity contribution in [2.75, 3.05) is 18.4 Å². The van der Waals surface area contributed by atoms with Crippen molar-refractivity contribution in [3.63, 3.8) is 0 Å². The van der Waals surface area contributed by atoms with Crippen LogP contribution in [0.1, 0.15) is 97.5 Å². The summed E-state index contributed by atoms with van der Waals surface area (Å²) in [5.74, 6) is 0.645. The average molecular weight is 503 g/mol. The van der Waals surface area contributed by atoms with E-state index in [9.17, 15) is 0 Å². The standard InChI is InChI=1S/C17H37N.C8H9N.HI/c1-5-6-7-8-9-10-11-12-13-14-17(3,4)16(2)15-18;1-2-4-8-7(3-1)5-6-9-8;/h16H,5-15,18H2,1-4H3;1-4,9H,5-6H2;1H. The maximum absolute atomic E-state index is 5.77. The Hall–Kier alpha value is -0.290. The lowest BCUT2D eigenvalue weighted by Crippen LogP contribution is -2.28. The normalized spacial score (nSPS) is 13.6. The van der Waals surface area contributed by atoms with Crippen molar-refractivity contribution in [1.82, 2.24) is 0 Å². The number of hydrogen-bond acceptors (Lipinski definition) is 2. The third-order valence-corrected chi connectivity index (χ3v) is 6.34. The molecule has 2 nitrogen and oxygen atoms in total. The van der Waals surface area contributed by atoms with Gasteiger partial charge in [-0.05, 0) is 42.3 Å². The van der Waals surface area contributed by atoms with Crippen LogP contribution in [0.4, 0.5) is 5.69 Å². The molecular weight excluding hydrogens is 455 g/mol. The smallest absolute Gasteiger partial charge is 0.0373 e. The van der Waals surface area contributed by atoms with Crippen LogP contribution < -0.4 is 11.1 Å². The number of hydrogen-bond donors (Lipinski definition) is 2. The first kappa shape index (κ1) is 27.7. The molecule has 0 saturated carbocycles. The molecule has 0 saturated heterocycles. The molecule has 3 heteroatoms. The summed E-state index contributed by atoms with van der Waals surface area (Å²) >= 11 is 0. The number of nitrogens with two attached hydrogens (primary N) is 1. The molecule has 164 valence electrons. The maximum atomic E-state index is 5.77. The number of unbranched alkanes of at least 4 members (excludes halogenated alkanes) is 8. The summed E-state index contributed by atoms with van der Waals surface area (Å²) in [5.41, 5.74) is 8.97. The first-order valence-electron chi connectivity index (χ1n) is 11.5. The highest BCUT2D eigenvalue weighted by Crippen LogP contribution is 2.32. The van der Waals surface area contributed by atoms with Crippen LogP contribution in [0.2, 0.25) is 0 Å². The van der Waals surface area contributed by atoms with Crippen LogP contribution in [0.5, 0.6) is 0 Å². The zero-order valence-electron chi connectivity index (χ0n) is 19.1. The Kier molecular flexibility index (Phi) is 16.3. The van der Waals surface area contributed by atoms with E-state index < -0.39 is 0 Å². The monoisotopic (exact) mass is 502 g/mol. The van der Waals surface area contributed by atoms with Gasteiger partial charge in [0.15, 0.2) is 0 Å². The highest BCUT2D eigenvalue weighted by Gasteiger charge is 2.23. The van der Waals surface area contributed by atoms with E-state index in [1.165, 1.54) is 81.9 Å². The lowest BCUT2D eigenvalue weighted by Gasteiger charge is -2.31. The van der Waals surface area contributed by atoms with Crippen molar-refractivity contribution in [3.8, 4) is 0 Å². The van der Waals surface area contributed by atoms with E-state index >= 15 is 0 Å². The molecule has 0 bridgehead atoms. The van der Waals surface area contributed by atoms with Gasteiger partial charge in [-0.25, -0.2) is 0 Å². The minimum atomic E-state index is 0. The van der Waals surface area contributed by atoms with Crippen LogP contribution in [0.3, 0.4) is 0 Å². The second-order valence-electron chi connectivity index (χ2n) is 9.04. The van der Waals surface area contributed by atoms with E-state index in [0.717, 1.165) is 13.1 Å². The van der Waals surface area contributed by atoms with Crippen LogP contribution in [-0.4, -0.2) is 13.1 Å². The van der Waals surface area contributed by atoms with E-state index in [1.54, 1.807) is 0 Å². The summed E-state index contributed by atoms with van der Waals surface area (Å²) in [4.78, 5) is 0. The molecule has 1 atom stereocenters. The SMILES string of the molecule is CCCCCCCCCCCC(C)(C)C(C)CN.I.c1ccc2c(c1)CCN2. The molecule has 0 spiro atoms. The zero-order valence-corrected chi connectivity index (χ0v) is 21.4. The molecule has 1 heterocycles. The third-order valence-electron chi connectivity index (χ3n) is 6.34. The number of rotatable bonds is 12. The van der Waals surface area contributed by atoms with E-state index in [-0.39, 0.29) is 24.0 Å². The quantitative estimate of drug-likeness (QED) is 0.226. The number of fused-ring (bicyclic) bond motifs is 1. The van der Waals surface area contributed by atoms with Crippen LogP contribution >= 0.6 is 24.0 Å². The van der Waals surface area contributed by atoms with Gasteiger partial charge in [-0.15, -0.1) is 24.0 Å². The van der Waals surface area contributed by atoms with Crippen molar-refractivity contribution < 1.29 is 0 Å². The number of para-hydroxylation sites is 1. The van der Waals surface area contributed by atoms with Crippen LogP contribution in [0, 0.1) is 11.3 Å². The first-order chi connectivity index (χ1) is 13.0. The van der Waals surface area contributed by atoms with E-state index in [1.807, 2.05) is 0 Å². The van der Waals surface area contributed by atoms with Crippen molar-refractivity contribution >= 4 is 29.7 Å². The Morgan fingerprint density at radius 2 is 1.54 bits per heavy atom. The van der Waals surface area contributed by atoms with Gasteiger partial charge in [-0.1, -0.05) is 104 Å². The summed E-state index contributed by atoms with van der Waals surface area (Å²) in [5, 5.41) is 3.30. The summed E-state index contributed by atoms with van der Waals surface area (Å²) in [6, 6.07) is 8.46. The Labute approximate surface area is 192 Å². The molecular formula is C25H47IN2. The average Bonchev–Trinajstić information content (AvgIpc) is 3.15. The van der Waals surface area contributed by atoms with Gasteiger partial charge in [0, 0.05) is 12.2 Å². The maximum Gasteiger partial charge on any atom is 0.0373 e. The minimum absolute atomic E-state index is 0. The van der Waals surface area contributed by atoms with Crippen LogP contribution in [-0.2, 0) is 6.42 Å². The molecule has 1 aromatic carbocycles. The highest BCUT2D eigenvalue weighted by atomic mass is 127. The predicted molar refractivity (Wildman–Crippen MR) is 138 cm³/mol. The molecule has 0 aliphatic carbocycles. The molecule has 1 aromatic rings. The Morgan fingerprint density at radius 3 is 2.11 bits per heavy atom. The van der Waals surface area contributed by atoms with E-state index in [4.69, 9.17) is 5.73 Å². The topological polar surface area (TPSA) is 38.0 Å². The molecule has 0 fully saturated rings. The van der Waals surface area contributed by atoms with Gasteiger partial charge < -0.3 is 11.1 Å². The molecule has 1 aliphatic rings. The number of nitrogens with one attached hydrogen (secondary N) is 1. The summed E-state index contributed by atoms with van der Waals surface area (Å²) in [7, 11) is 0. The molecule has 0 aromatic heterocycles. The summed E-state index contributed by atoms with van der Waals surface area (Å²) in [6.07, 6.45) is 15.3. The summed E-state index contributed by atoms with van der Waals surface area (Å²) < 4.78 is 0. The molecule has 1 aliphatic heterocycles. The second kappa shape index (κ2) is 16.5. The highest BCUT2D eigenvalue weighted by molar-refractivity contribution is 14.0. The van der Waals surface area contributed by atoms with Gasteiger partial charge in [-0.3, -0.25) is 0 Å². The van der Waals surface area contributed by atoms with Crippen molar-refractivity contribution in [1.29, 1.82) is 0 Å². The molecule has 0 radical (unpaired) electrons. The fraction of sp³-hybridized carbons (Fsp3) is 0.760. The van der Waals surface area contributed by atoms with Gasteiger partial charge in [0.2, 0.25) is 0 Å². The van der Waals surface area contributed by atoms with Gasteiger partial charge in [0.25, 0.3) is 0 Å². The molecule has 2 rings (SSSR count). The van der Waals surface area contributed by atoms with Crippen LogP contribution in [0.15, 0.2) is 24.3 Å². The van der Waals surface area contributed by atoms with Gasteiger partial charge in [0.1, 0.15) is 0 Å². The number of halogens is 1. The fourth-order valence-electron chi connectivity index (χ4n) is 3.70. The molecule has 1 unspecified atom stereocenters. The van der Waals surface area contributed by atoms with Gasteiger partial charge >= 0.3 is 0 Å². The summed E-state index contributed by atoms with van der Waals surface area (Å²) in [6.45, 7) is 11.2. The molecule has 0 amide bonds. The second-order valence-corrected chi connectivity index (χ2v) is 9.04. The Bertz CT molecular complexity index is 464. The van der Waals surface area contributed by atoms with Crippen molar-refractivity contribution in [2.24, 2.45) is 17.1 Å². The number of anilines is 1. The van der Waals surface area contributed by atoms with Gasteiger partial charge in [-0.2, -0.15) is 0 Å². The lowest BCUT2D eigenvalue weighted by atomic mass is 9.76. The zero-order chi connectivity index (χ0) is 20.0. The number of benzene rings is 1. The minimum Gasteiger partial charge on any atom is -0.384 e. The van der Waals surface area contributed by atoms with E-state index in [2.05, 4.69) is 57.3 Å². The first-order valence-corrected chi connectivity index (χ1v) is 11.5. The van der Waals surface area contributed by atoms with Gasteiger partial charge in [0.05, 0.1) is 0 Å². The third kappa shape index (κ3) is 11.6. The Balaban J connectivity index is 0.000000601. The lowest BCUT2D eigenvalue weighted by molar-refractivity contribution is 0.210. The molecule has 28 heavy (non-hydrogen) atoms. The largest absolute Gasteiger partial charge is 0.384 e. The van der Waals surface area contributed by atoms with Crippen molar-refractivity contribution in [3.05, 3.63) is 29.8 Å². The van der Waals surface area contributed by atoms with Crippen LogP contribution in [0.25, 0.3) is 0 Å². The van der Waals surface area contributed by atoms with Crippen molar-refractivity contribution in [2.45, 2.75) is 98.3 Å². The molecule has 3 N–H and O–H groups in total. The Morgan fingerprint density at radius 1 is 0.964 bits per heavy atom. The predicted octanol–water partition coefficient (Wildman–Crippen LogP) is 7.80. The fourth-order valence-corrected chi connectivity index (χ4v) is 3.70. The van der Waals surface area contributed by atoms with E-state index in [0.29, 0.717) is 11.3 Å².